The molecule has 1 aromatic carbocycles. The molecule has 0 aliphatic heterocycles. The van der Waals surface area contributed by atoms with Gasteiger partial charge in [-0.2, -0.15) is 0 Å². The van der Waals surface area contributed by atoms with Crippen LogP contribution in [-0.4, -0.2) is 42.3 Å². The van der Waals surface area contributed by atoms with Gasteiger partial charge in [-0.3, -0.25) is 0 Å². The molecule has 5 nitrogen and oxygen atoms in total. The van der Waals surface area contributed by atoms with E-state index in [0.29, 0.717) is 5.56 Å². The molecular formula is C11H15IO5Si. The third kappa shape index (κ3) is 4.02. The van der Waals surface area contributed by atoms with Gasteiger partial charge in [-0.1, -0.05) is 0 Å². The Bertz CT molecular complexity index is 383. The first-order chi connectivity index (χ1) is 8.56. The lowest BCUT2D eigenvalue weighted by Crippen LogP contribution is -2.48. The van der Waals surface area contributed by atoms with Crippen LogP contribution < -0.4 is 0 Å². The van der Waals surface area contributed by atoms with Gasteiger partial charge in [0.05, 0.1) is 5.56 Å². The second-order valence-corrected chi connectivity index (χ2v) is 7.50. The molecule has 0 radical (unpaired) electrons. The normalized spacial score (nSPS) is 11.3. The smallest absolute Gasteiger partial charge is 0.457 e. The predicted molar refractivity (Wildman–Crippen MR) is 76.2 cm³/mol. The van der Waals surface area contributed by atoms with Crippen LogP contribution in [0.3, 0.4) is 0 Å². The summed E-state index contributed by atoms with van der Waals surface area (Å²) in [6, 6.07) is 7.09. The monoisotopic (exact) mass is 382 g/mol. The Morgan fingerprint density at radius 1 is 1.11 bits per heavy atom. The highest BCUT2D eigenvalue weighted by molar-refractivity contribution is 14.1. The second-order valence-electron chi connectivity index (χ2n) is 3.38. The molecule has 1 rings (SSSR count). The summed E-state index contributed by atoms with van der Waals surface area (Å²) in [5.74, 6) is -0.422. The van der Waals surface area contributed by atoms with Crippen LogP contribution in [-0.2, 0) is 18.0 Å². The van der Waals surface area contributed by atoms with Gasteiger partial charge in [0.1, 0.15) is 0 Å². The van der Waals surface area contributed by atoms with E-state index in [1.54, 1.807) is 12.1 Å². The Hall–Kier alpha value is -0.483. The summed E-state index contributed by atoms with van der Waals surface area (Å²) >= 11 is 2.17. The molecule has 100 valence electrons. The molecule has 0 unspecified atom stereocenters. The molecule has 0 aliphatic rings. The number of carbonyl (C=O) groups excluding carboxylic acids is 1. The number of hydrogen-bond acceptors (Lipinski definition) is 5. The first-order valence-corrected chi connectivity index (χ1v) is 8.16. The number of ether oxygens (including phenoxy) is 1. The van der Waals surface area contributed by atoms with Gasteiger partial charge in [0.25, 0.3) is 0 Å². The second kappa shape index (κ2) is 7.19. The van der Waals surface area contributed by atoms with Crippen LogP contribution in [0.25, 0.3) is 0 Å². The quantitative estimate of drug-likeness (QED) is 0.427. The maximum Gasteiger partial charge on any atom is 0.539 e. The molecule has 0 saturated heterocycles. The van der Waals surface area contributed by atoms with Crippen LogP contribution >= 0.6 is 22.6 Å². The Morgan fingerprint density at radius 2 is 1.61 bits per heavy atom. The topological polar surface area (TPSA) is 54.0 Å². The standard InChI is InChI=1S/C11H15IO5Si/c1-14-18(15-2,16-3)8-17-11(13)9-4-6-10(12)7-5-9/h4-7H,8H2,1-3H3. The fraction of sp³-hybridized carbons (Fsp3) is 0.364. The summed E-state index contributed by atoms with van der Waals surface area (Å²) in [5, 5.41) is 0. The zero-order chi connectivity index (χ0) is 13.6. The minimum atomic E-state index is -2.87. The van der Waals surface area contributed by atoms with Gasteiger partial charge in [0.15, 0.2) is 6.23 Å². The van der Waals surface area contributed by atoms with Crippen molar-refractivity contribution in [3.05, 3.63) is 33.4 Å². The maximum absolute atomic E-state index is 11.8. The lowest BCUT2D eigenvalue weighted by Gasteiger charge is -2.23. The zero-order valence-corrected chi connectivity index (χ0v) is 13.6. The van der Waals surface area contributed by atoms with E-state index in [2.05, 4.69) is 22.6 Å². The van der Waals surface area contributed by atoms with Crippen LogP contribution in [0.5, 0.6) is 0 Å². The van der Waals surface area contributed by atoms with Crippen LogP contribution in [0, 0.1) is 3.57 Å². The van der Waals surface area contributed by atoms with E-state index in [-0.39, 0.29) is 6.23 Å². The molecule has 0 heterocycles. The van der Waals surface area contributed by atoms with Crippen molar-refractivity contribution in [3.8, 4) is 0 Å². The van der Waals surface area contributed by atoms with Crippen molar-refractivity contribution in [2.24, 2.45) is 0 Å². The predicted octanol–water partition coefficient (Wildman–Crippen LogP) is 1.87. The van der Waals surface area contributed by atoms with E-state index < -0.39 is 14.8 Å². The van der Waals surface area contributed by atoms with Gasteiger partial charge in [-0.15, -0.1) is 0 Å². The minimum Gasteiger partial charge on any atom is -0.457 e. The molecule has 0 aromatic heterocycles. The van der Waals surface area contributed by atoms with Crippen molar-refractivity contribution in [1.82, 2.24) is 0 Å². The molecule has 0 atom stereocenters. The highest BCUT2D eigenvalue weighted by atomic mass is 127. The zero-order valence-electron chi connectivity index (χ0n) is 10.4. The Morgan fingerprint density at radius 3 is 2.06 bits per heavy atom. The Balaban J connectivity index is 2.63. The van der Waals surface area contributed by atoms with Crippen molar-refractivity contribution in [2.75, 3.05) is 27.6 Å². The highest BCUT2D eigenvalue weighted by Gasteiger charge is 2.40. The summed E-state index contributed by atoms with van der Waals surface area (Å²) in [4.78, 5) is 11.8. The molecule has 0 fully saturated rings. The molecule has 0 saturated carbocycles. The van der Waals surface area contributed by atoms with Crippen molar-refractivity contribution >= 4 is 37.4 Å². The largest absolute Gasteiger partial charge is 0.539 e. The van der Waals surface area contributed by atoms with Crippen LogP contribution in [0.2, 0.25) is 0 Å². The highest BCUT2D eigenvalue weighted by Crippen LogP contribution is 2.11. The number of carbonyl (C=O) groups is 1. The van der Waals surface area contributed by atoms with E-state index in [0.717, 1.165) is 3.57 Å². The third-order valence-electron chi connectivity index (χ3n) is 2.39. The molecule has 0 bridgehead atoms. The van der Waals surface area contributed by atoms with Gasteiger partial charge in [0, 0.05) is 24.9 Å². The maximum atomic E-state index is 11.8. The van der Waals surface area contributed by atoms with Gasteiger partial charge >= 0.3 is 14.8 Å². The molecule has 0 spiro atoms. The average Bonchev–Trinajstić information content (AvgIpc) is 2.41. The van der Waals surface area contributed by atoms with E-state index >= 15 is 0 Å². The molecule has 7 heteroatoms. The van der Waals surface area contributed by atoms with Crippen molar-refractivity contribution in [1.29, 1.82) is 0 Å². The van der Waals surface area contributed by atoms with Crippen molar-refractivity contribution in [2.45, 2.75) is 0 Å². The number of benzene rings is 1. The SMILES string of the molecule is CO[Si](COC(=O)c1ccc(I)cc1)(OC)OC. The Kier molecular flexibility index (Phi) is 6.22. The summed E-state index contributed by atoms with van der Waals surface area (Å²) in [5.41, 5.74) is 0.488. The van der Waals surface area contributed by atoms with E-state index in [9.17, 15) is 4.79 Å². The molecule has 18 heavy (non-hydrogen) atoms. The fourth-order valence-corrected chi connectivity index (χ4v) is 2.77. The van der Waals surface area contributed by atoms with Crippen LogP contribution in [0.15, 0.2) is 24.3 Å². The fourth-order valence-electron chi connectivity index (χ4n) is 1.25. The number of hydrogen-bond donors (Lipinski definition) is 0. The lowest BCUT2D eigenvalue weighted by molar-refractivity contribution is 0.0397. The van der Waals surface area contributed by atoms with Gasteiger partial charge < -0.3 is 18.0 Å². The summed E-state index contributed by atoms with van der Waals surface area (Å²) in [6.45, 7) is 0. The van der Waals surface area contributed by atoms with Gasteiger partial charge in [-0.05, 0) is 46.9 Å². The van der Waals surface area contributed by atoms with Crippen LogP contribution in [0.4, 0.5) is 0 Å². The van der Waals surface area contributed by atoms with Gasteiger partial charge in [-0.25, -0.2) is 4.79 Å². The summed E-state index contributed by atoms with van der Waals surface area (Å²) < 4.78 is 21.7. The third-order valence-corrected chi connectivity index (χ3v) is 5.48. The molecule has 0 N–H and O–H groups in total. The van der Waals surface area contributed by atoms with Crippen molar-refractivity contribution in [3.63, 3.8) is 0 Å². The minimum absolute atomic E-state index is 0.0126. The number of esters is 1. The Labute approximate surface area is 121 Å². The van der Waals surface area contributed by atoms with E-state index in [1.165, 1.54) is 21.3 Å². The summed E-state index contributed by atoms with van der Waals surface area (Å²) in [6.07, 6.45) is -0.0126. The first kappa shape index (κ1) is 15.6. The molecule has 0 aliphatic carbocycles. The molecule has 0 amide bonds. The van der Waals surface area contributed by atoms with E-state index in [1.807, 2.05) is 12.1 Å². The number of halogens is 1. The first-order valence-electron chi connectivity index (χ1n) is 5.15. The van der Waals surface area contributed by atoms with E-state index in [4.69, 9.17) is 18.0 Å². The lowest BCUT2D eigenvalue weighted by atomic mass is 10.2. The van der Waals surface area contributed by atoms with Crippen LogP contribution in [0.1, 0.15) is 10.4 Å². The number of rotatable bonds is 6. The van der Waals surface area contributed by atoms with Gasteiger partial charge in [0.2, 0.25) is 0 Å². The molecule has 1 aromatic rings. The summed E-state index contributed by atoms with van der Waals surface area (Å²) in [7, 11) is 1.54. The average molecular weight is 382 g/mol. The molecular weight excluding hydrogens is 367 g/mol. The van der Waals surface area contributed by atoms with Crippen molar-refractivity contribution < 1.29 is 22.8 Å².